The molecule has 0 heterocycles. The minimum absolute atomic E-state index is 0.0914. The monoisotopic (exact) mass is 376 g/mol. The molecule has 26 heavy (non-hydrogen) atoms. The lowest BCUT2D eigenvalue weighted by Gasteiger charge is -2.05. The first-order valence-corrected chi connectivity index (χ1v) is 13.0. The zero-order valence-electron chi connectivity index (χ0n) is 16.1. The second-order valence-corrected chi connectivity index (χ2v) is 13.1. The lowest BCUT2D eigenvalue weighted by atomic mass is 10.0. The number of hydrogen-bond donors (Lipinski definition) is 0. The number of benzene rings is 2. The van der Waals surface area contributed by atoms with E-state index in [1.165, 1.54) is 17.3 Å². The van der Waals surface area contributed by atoms with Crippen LogP contribution in [0.15, 0.2) is 47.4 Å². The minimum Gasteiger partial charge on any atom is -0.287 e. The highest BCUT2D eigenvalue weighted by atomic mass is 32.2. The molecule has 0 spiro atoms. The predicted octanol–water partition coefficient (Wildman–Crippen LogP) is 5.52. The Balaban J connectivity index is 2.23. The molecule has 0 fully saturated rings. The molecular formula is C23H24OSSi. The van der Waals surface area contributed by atoms with Gasteiger partial charge in [0.05, 0.1) is 0 Å². The SMILES string of the molecule is CCc1cc(C#C[Si](C)(C)C)ccc1C#Cc1ccc(SC(C)=O)cc1. The molecule has 132 valence electrons. The third kappa shape index (κ3) is 6.60. The van der Waals surface area contributed by atoms with Crippen LogP contribution < -0.4 is 0 Å². The number of hydrogen-bond acceptors (Lipinski definition) is 2. The summed E-state index contributed by atoms with van der Waals surface area (Å²) < 4.78 is 0. The van der Waals surface area contributed by atoms with E-state index >= 15 is 0 Å². The molecule has 0 saturated heterocycles. The molecule has 2 rings (SSSR count). The highest BCUT2D eigenvalue weighted by molar-refractivity contribution is 8.13. The maximum absolute atomic E-state index is 11.1. The zero-order valence-corrected chi connectivity index (χ0v) is 17.9. The normalized spacial score (nSPS) is 10.3. The van der Waals surface area contributed by atoms with Gasteiger partial charge in [0.25, 0.3) is 0 Å². The van der Waals surface area contributed by atoms with Gasteiger partial charge < -0.3 is 0 Å². The Labute approximate surface area is 162 Å². The fraction of sp³-hybridized carbons (Fsp3) is 0.261. The van der Waals surface area contributed by atoms with E-state index in [0.29, 0.717) is 0 Å². The van der Waals surface area contributed by atoms with Crippen molar-refractivity contribution in [2.45, 2.75) is 44.8 Å². The van der Waals surface area contributed by atoms with E-state index in [1.807, 2.05) is 24.3 Å². The number of carbonyl (C=O) groups excluding carboxylic acids is 1. The maximum Gasteiger partial charge on any atom is 0.190 e. The van der Waals surface area contributed by atoms with Crippen molar-refractivity contribution in [2.24, 2.45) is 0 Å². The number of aryl methyl sites for hydroxylation is 1. The van der Waals surface area contributed by atoms with Gasteiger partial charge in [-0.15, -0.1) is 5.54 Å². The molecule has 0 bridgehead atoms. The van der Waals surface area contributed by atoms with Crippen LogP contribution in [0.1, 0.15) is 36.1 Å². The average Bonchev–Trinajstić information content (AvgIpc) is 2.58. The van der Waals surface area contributed by atoms with E-state index in [2.05, 4.69) is 68.1 Å². The van der Waals surface area contributed by atoms with E-state index < -0.39 is 8.07 Å². The lowest BCUT2D eigenvalue weighted by Crippen LogP contribution is -2.16. The van der Waals surface area contributed by atoms with Gasteiger partial charge in [-0.1, -0.05) is 56.1 Å². The lowest BCUT2D eigenvalue weighted by molar-refractivity contribution is -0.109. The summed E-state index contributed by atoms with van der Waals surface area (Å²) in [4.78, 5) is 12.1. The molecule has 0 unspecified atom stereocenters. The van der Waals surface area contributed by atoms with Gasteiger partial charge in [-0.3, -0.25) is 4.79 Å². The Hall–Kier alpha value is -2.20. The summed E-state index contributed by atoms with van der Waals surface area (Å²) in [6, 6.07) is 14.1. The molecule has 2 aromatic carbocycles. The van der Waals surface area contributed by atoms with Crippen LogP contribution in [0.3, 0.4) is 0 Å². The Kier molecular flexibility index (Phi) is 6.92. The zero-order chi connectivity index (χ0) is 19.2. The van der Waals surface area contributed by atoms with Gasteiger partial charge in [0.2, 0.25) is 0 Å². The highest BCUT2D eigenvalue weighted by Crippen LogP contribution is 2.19. The Bertz CT molecular complexity index is 913. The van der Waals surface area contributed by atoms with Crippen LogP contribution in [0.4, 0.5) is 0 Å². The van der Waals surface area contributed by atoms with Gasteiger partial charge in [-0.05, 0) is 54.4 Å². The standard InChI is InChI=1S/C23H24OSSi/c1-6-21-17-20(15-16-26(3,4)5)8-12-22(21)11-7-19-9-13-23(14-10-19)25-18(2)24/h8-10,12-14,17H,6H2,1-5H3. The third-order valence-corrected chi connectivity index (χ3v) is 5.20. The van der Waals surface area contributed by atoms with Gasteiger partial charge >= 0.3 is 0 Å². The molecule has 1 nitrogen and oxygen atoms in total. The molecule has 0 radical (unpaired) electrons. The second-order valence-electron chi connectivity index (χ2n) is 7.09. The van der Waals surface area contributed by atoms with Crippen molar-refractivity contribution in [3.05, 3.63) is 64.7 Å². The first-order chi connectivity index (χ1) is 12.3. The van der Waals surface area contributed by atoms with Crippen molar-refractivity contribution in [3.8, 4) is 23.3 Å². The largest absolute Gasteiger partial charge is 0.287 e. The summed E-state index contributed by atoms with van der Waals surface area (Å²) in [5, 5.41) is 0.0914. The quantitative estimate of drug-likeness (QED) is 0.390. The van der Waals surface area contributed by atoms with Crippen LogP contribution >= 0.6 is 11.8 Å². The molecule has 0 aromatic heterocycles. The Morgan fingerprint density at radius 1 is 0.962 bits per heavy atom. The predicted molar refractivity (Wildman–Crippen MR) is 115 cm³/mol. The van der Waals surface area contributed by atoms with Gasteiger partial charge in [-0.25, -0.2) is 0 Å². The van der Waals surface area contributed by atoms with Crippen LogP contribution in [0, 0.1) is 23.3 Å². The summed E-state index contributed by atoms with van der Waals surface area (Å²) >= 11 is 1.24. The van der Waals surface area contributed by atoms with Crippen molar-refractivity contribution < 1.29 is 4.79 Å². The molecule has 3 heteroatoms. The average molecular weight is 377 g/mol. The molecule has 0 saturated carbocycles. The molecule has 0 N–H and O–H groups in total. The molecule has 0 aliphatic carbocycles. The minimum atomic E-state index is -1.37. The van der Waals surface area contributed by atoms with E-state index in [4.69, 9.17) is 0 Å². The smallest absolute Gasteiger partial charge is 0.190 e. The number of rotatable bonds is 2. The van der Waals surface area contributed by atoms with Crippen molar-refractivity contribution in [1.29, 1.82) is 0 Å². The van der Waals surface area contributed by atoms with Crippen molar-refractivity contribution >= 4 is 25.0 Å². The summed E-state index contributed by atoms with van der Waals surface area (Å²) in [7, 11) is -1.37. The summed E-state index contributed by atoms with van der Waals surface area (Å²) in [5.74, 6) is 9.81. The van der Waals surface area contributed by atoms with E-state index in [1.54, 1.807) is 6.92 Å². The van der Waals surface area contributed by atoms with Gasteiger partial charge in [0.1, 0.15) is 8.07 Å². The fourth-order valence-electron chi connectivity index (χ4n) is 2.26. The first kappa shape index (κ1) is 20.1. The fourth-order valence-corrected chi connectivity index (χ4v) is 3.38. The van der Waals surface area contributed by atoms with Crippen LogP contribution in [-0.2, 0) is 11.2 Å². The molecule has 2 aromatic rings. The molecule has 0 amide bonds. The molecule has 0 atom stereocenters. The maximum atomic E-state index is 11.1. The highest BCUT2D eigenvalue weighted by Gasteiger charge is 2.07. The van der Waals surface area contributed by atoms with Crippen molar-refractivity contribution in [2.75, 3.05) is 0 Å². The van der Waals surface area contributed by atoms with Gasteiger partial charge in [0.15, 0.2) is 5.12 Å². The Morgan fingerprint density at radius 3 is 2.19 bits per heavy atom. The van der Waals surface area contributed by atoms with Crippen LogP contribution in [0.2, 0.25) is 19.6 Å². The van der Waals surface area contributed by atoms with Gasteiger partial charge in [-0.2, -0.15) is 0 Å². The number of carbonyl (C=O) groups is 1. The molecule has 0 aliphatic rings. The first-order valence-electron chi connectivity index (χ1n) is 8.73. The summed E-state index contributed by atoms with van der Waals surface area (Å²) in [5.41, 5.74) is 7.70. The van der Waals surface area contributed by atoms with Crippen molar-refractivity contribution in [3.63, 3.8) is 0 Å². The van der Waals surface area contributed by atoms with Crippen LogP contribution in [0.25, 0.3) is 0 Å². The van der Waals surface area contributed by atoms with Crippen LogP contribution in [0.5, 0.6) is 0 Å². The van der Waals surface area contributed by atoms with E-state index in [9.17, 15) is 4.79 Å². The topological polar surface area (TPSA) is 17.1 Å². The van der Waals surface area contributed by atoms with Gasteiger partial charge in [0, 0.05) is 28.5 Å². The van der Waals surface area contributed by atoms with Crippen LogP contribution in [-0.4, -0.2) is 13.2 Å². The Morgan fingerprint density at radius 2 is 1.62 bits per heavy atom. The second kappa shape index (κ2) is 8.95. The van der Waals surface area contributed by atoms with E-state index in [0.717, 1.165) is 28.0 Å². The number of thioether (sulfide) groups is 1. The third-order valence-electron chi connectivity index (χ3n) is 3.53. The molecular weight excluding hydrogens is 352 g/mol. The van der Waals surface area contributed by atoms with E-state index in [-0.39, 0.29) is 5.12 Å². The summed E-state index contributed by atoms with van der Waals surface area (Å²) in [6.07, 6.45) is 0.931. The molecule has 0 aliphatic heterocycles. The van der Waals surface area contributed by atoms with Crippen molar-refractivity contribution in [1.82, 2.24) is 0 Å². The summed E-state index contributed by atoms with van der Waals surface area (Å²) in [6.45, 7) is 10.5.